The maximum Gasteiger partial charge on any atom is 0.119 e. The van der Waals surface area contributed by atoms with Crippen molar-refractivity contribution in [3.05, 3.63) is 58.1 Å². The highest BCUT2D eigenvalue weighted by Gasteiger charge is 2.03. The minimum absolute atomic E-state index is 0.542. The summed E-state index contributed by atoms with van der Waals surface area (Å²) in [7, 11) is 0. The molecule has 2 rings (SSSR count). The van der Waals surface area contributed by atoms with Crippen LogP contribution in [-0.2, 0) is 0 Å². The number of nitriles is 1. The first-order valence-corrected chi connectivity index (χ1v) is 7.12. The Hall–Kier alpha value is -1.99. The van der Waals surface area contributed by atoms with Crippen LogP contribution < -0.4 is 10.1 Å². The molecule has 0 aliphatic heterocycles. The zero-order valence-electron chi connectivity index (χ0n) is 11.2. The number of aryl methyl sites for hydroxylation is 1. The lowest BCUT2D eigenvalue weighted by molar-refractivity contribution is 0.333. The van der Waals surface area contributed by atoms with Crippen molar-refractivity contribution in [3.8, 4) is 11.8 Å². The molecule has 0 spiro atoms. The van der Waals surface area contributed by atoms with Crippen LogP contribution in [0, 0.1) is 18.3 Å². The number of anilines is 1. The van der Waals surface area contributed by atoms with Crippen LogP contribution in [0.4, 0.5) is 5.69 Å². The number of rotatable bonds is 5. The molecular formula is C16H15BrN2O. The van der Waals surface area contributed by atoms with Gasteiger partial charge in [-0.2, -0.15) is 5.26 Å². The fourth-order valence-corrected chi connectivity index (χ4v) is 2.11. The molecule has 0 saturated carbocycles. The number of halogens is 1. The molecule has 2 aromatic carbocycles. The topological polar surface area (TPSA) is 45.0 Å². The smallest absolute Gasteiger partial charge is 0.119 e. The summed E-state index contributed by atoms with van der Waals surface area (Å²) in [5.41, 5.74) is 2.52. The van der Waals surface area contributed by atoms with E-state index < -0.39 is 0 Å². The summed E-state index contributed by atoms with van der Waals surface area (Å²) in [5, 5.41) is 12.4. The SMILES string of the molecule is Cc1cccc(NCCOc2ccc(Br)cc2)c1C#N. The van der Waals surface area contributed by atoms with Gasteiger partial charge in [-0.05, 0) is 42.8 Å². The van der Waals surface area contributed by atoms with E-state index in [1.165, 1.54) is 0 Å². The average Bonchev–Trinajstić information content (AvgIpc) is 2.45. The Morgan fingerprint density at radius 3 is 2.65 bits per heavy atom. The molecule has 2 aromatic rings. The number of nitrogens with one attached hydrogen (secondary N) is 1. The van der Waals surface area contributed by atoms with Gasteiger partial charge < -0.3 is 10.1 Å². The summed E-state index contributed by atoms with van der Waals surface area (Å²) in [6, 6.07) is 15.7. The van der Waals surface area contributed by atoms with E-state index in [4.69, 9.17) is 10.00 Å². The fourth-order valence-electron chi connectivity index (χ4n) is 1.85. The Labute approximate surface area is 127 Å². The summed E-state index contributed by atoms with van der Waals surface area (Å²) < 4.78 is 6.65. The molecule has 0 bridgehead atoms. The highest BCUT2D eigenvalue weighted by molar-refractivity contribution is 9.10. The van der Waals surface area contributed by atoms with E-state index in [-0.39, 0.29) is 0 Å². The summed E-state index contributed by atoms with van der Waals surface area (Å²) >= 11 is 3.38. The average molecular weight is 331 g/mol. The molecule has 0 unspecified atom stereocenters. The van der Waals surface area contributed by atoms with Gasteiger partial charge in [0.05, 0.1) is 11.3 Å². The van der Waals surface area contributed by atoms with Crippen LogP contribution in [0.3, 0.4) is 0 Å². The molecule has 0 heterocycles. The van der Waals surface area contributed by atoms with Crippen LogP contribution in [-0.4, -0.2) is 13.2 Å². The molecule has 102 valence electrons. The number of nitrogens with zero attached hydrogens (tertiary/aromatic N) is 1. The van der Waals surface area contributed by atoms with Crippen molar-refractivity contribution >= 4 is 21.6 Å². The zero-order valence-corrected chi connectivity index (χ0v) is 12.8. The van der Waals surface area contributed by atoms with Crippen LogP contribution >= 0.6 is 15.9 Å². The third kappa shape index (κ3) is 3.75. The molecule has 3 nitrogen and oxygen atoms in total. The second-order valence-electron chi connectivity index (χ2n) is 4.34. The van der Waals surface area contributed by atoms with Crippen molar-refractivity contribution in [3.63, 3.8) is 0 Å². The van der Waals surface area contributed by atoms with Gasteiger partial charge in [0.2, 0.25) is 0 Å². The van der Waals surface area contributed by atoms with Crippen LogP contribution in [0.15, 0.2) is 46.9 Å². The standard InChI is InChI=1S/C16H15BrN2O/c1-12-3-2-4-16(15(12)11-18)19-9-10-20-14-7-5-13(17)6-8-14/h2-8,19H,9-10H2,1H3. The van der Waals surface area contributed by atoms with E-state index in [0.717, 1.165) is 21.5 Å². The van der Waals surface area contributed by atoms with Gasteiger partial charge in [0.1, 0.15) is 18.4 Å². The zero-order chi connectivity index (χ0) is 14.4. The summed E-state index contributed by atoms with van der Waals surface area (Å²) in [6.45, 7) is 3.12. The predicted octanol–water partition coefficient (Wildman–Crippen LogP) is 4.12. The first kappa shape index (κ1) is 14.4. The van der Waals surface area contributed by atoms with Gasteiger partial charge in [0, 0.05) is 11.0 Å². The van der Waals surface area contributed by atoms with Crippen LogP contribution in [0.1, 0.15) is 11.1 Å². The van der Waals surface area contributed by atoms with E-state index in [1.54, 1.807) is 0 Å². The Kier molecular flexibility index (Phi) is 5.03. The molecule has 4 heteroatoms. The maximum absolute atomic E-state index is 9.13. The molecule has 0 aliphatic carbocycles. The Morgan fingerprint density at radius 2 is 1.95 bits per heavy atom. The van der Waals surface area contributed by atoms with Gasteiger partial charge in [-0.3, -0.25) is 0 Å². The Morgan fingerprint density at radius 1 is 1.20 bits per heavy atom. The first-order chi connectivity index (χ1) is 9.70. The fraction of sp³-hybridized carbons (Fsp3) is 0.188. The Bertz CT molecular complexity index is 617. The lowest BCUT2D eigenvalue weighted by atomic mass is 10.1. The van der Waals surface area contributed by atoms with Crippen molar-refractivity contribution in [2.45, 2.75) is 6.92 Å². The van der Waals surface area contributed by atoms with E-state index in [1.807, 2.05) is 49.4 Å². The van der Waals surface area contributed by atoms with E-state index in [2.05, 4.69) is 27.3 Å². The van der Waals surface area contributed by atoms with Gasteiger partial charge >= 0.3 is 0 Å². The molecule has 0 saturated heterocycles. The second kappa shape index (κ2) is 6.97. The maximum atomic E-state index is 9.13. The largest absolute Gasteiger partial charge is 0.492 e. The van der Waals surface area contributed by atoms with Crippen LogP contribution in [0.2, 0.25) is 0 Å². The molecular weight excluding hydrogens is 316 g/mol. The quantitative estimate of drug-likeness (QED) is 0.838. The molecule has 0 aliphatic rings. The minimum Gasteiger partial charge on any atom is -0.492 e. The molecule has 0 amide bonds. The third-order valence-electron chi connectivity index (χ3n) is 2.88. The molecule has 0 fully saturated rings. The van der Waals surface area contributed by atoms with Crippen molar-refractivity contribution in [1.29, 1.82) is 5.26 Å². The molecule has 0 radical (unpaired) electrons. The molecule has 1 N–H and O–H groups in total. The second-order valence-corrected chi connectivity index (χ2v) is 5.25. The number of hydrogen-bond acceptors (Lipinski definition) is 3. The van der Waals surface area contributed by atoms with Crippen LogP contribution in [0.5, 0.6) is 5.75 Å². The first-order valence-electron chi connectivity index (χ1n) is 6.32. The van der Waals surface area contributed by atoms with Gasteiger partial charge in [-0.25, -0.2) is 0 Å². The van der Waals surface area contributed by atoms with E-state index >= 15 is 0 Å². The van der Waals surface area contributed by atoms with Crippen LogP contribution in [0.25, 0.3) is 0 Å². The third-order valence-corrected chi connectivity index (χ3v) is 3.41. The van der Waals surface area contributed by atoms with E-state index in [9.17, 15) is 0 Å². The summed E-state index contributed by atoms with van der Waals surface area (Å²) in [6.07, 6.45) is 0. The number of hydrogen-bond donors (Lipinski definition) is 1. The lowest BCUT2D eigenvalue weighted by Gasteiger charge is -2.11. The minimum atomic E-state index is 0.542. The van der Waals surface area contributed by atoms with Gasteiger partial charge in [0.25, 0.3) is 0 Å². The molecule has 0 atom stereocenters. The number of ether oxygens (including phenoxy) is 1. The van der Waals surface area contributed by atoms with Crippen molar-refractivity contribution in [1.82, 2.24) is 0 Å². The van der Waals surface area contributed by atoms with Crippen molar-refractivity contribution in [2.24, 2.45) is 0 Å². The predicted molar refractivity (Wildman–Crippen MR) is 84.0 cm³/mol. The highest BCUT2D eigenvalue weighted by atomic mass is 79.9. The highest BCUT2D eigenvalue weighted by Crippen LogP contribution is 2.18. The molecule has 0 aromatic heterocycles. The monoisotopic (exact) mass is 330 g/mol. The van der Waals surface area contributed by atoms with Gasteiger partial charge in [-0.1, -0.05) is 28.1 Å². The molecule has 20 heavy (non-hydrogen) atoms. The summed E-state index contributed by atoms with van der Waals surface area (Å²) in [4.78, 5) is 0. The lowest BCUT2D eigenvalue weighted by Crippen LogP contribution is -2.12. The number of benzene rings is 2. The van der Waals surface area contributed by atoms with E-state index in [0.29, 0.717) is 18.7 Å². The van der Waals surface area contributed by atoms with Crippen molar-refractivity contribution in [2.75, 3.05) is 18.5 Å². The Balaban J connectivity index is 1.86. The van der Waals surface area contributed by atoms with Gasteiger partial charge in [0.15, 0.2) is 0 Å². The normalized spacial score (nSPS) is 9.85. The van der Waals surface area contributed by atoms with Crippen molar-refractivity contribution < 1.29 is 4.74 Å². The van der Waals surface area contributed by atoms with Gasteiger partial charge in [-0.15, -0.1) is 0 Å². The summed E-state index contributed by atoms with van der Waals surface area (Å²) in [5.74, 6) is 0.833.